The average molecular weight is 281 g/mol. The number of aromatic nitrogens is 2. The van der Waals surface area contributed by atoms with E-state index in [0.29, 0.717) is 5.89 Å². The van der Waals surface area contributed by atoms with Crippen LogP contribution in [-0.4, -0.2) is 17.2 Å². The van der Waals surface area contributed by atoms with Crippen molar-refractivity contribution in [1.82, 2.24) is 15.5 Å². The molecule has 1 heterocycles. The summed E-state index contributed by atoms with van der Waals surface area (Å²) in [5.74, 6) is 1.48. The zero-order chi connectivity index (χ0) is 14.6. The van der Waals surface area contributed by atoms with Gasteiger partial charge in [-0.2, -0.15) is 0 Å². The molecule has 0 fully saturated rings. The smallest absolute Gasteiger partial charge is 0.233 e. The lowest BCUT2D eigenvalue weighted by Gasteiger charge is -2.02. The van der Waals surface area contributed by atoms with Gasteiger partial charge in [-0.15, -0.1) is 10.2 Å². The van der Waals surface area contributed by atoms with Crippen LogP contribution in [0.4, 0.5) is 0 Å². The van der Waals surface area contributed by atoms with E-state index in [2.05, 4.69) is 22.4 Å². The predicted molar refractivity (Wildman–Crippen MR) is 82.7 cm³/mol. The van der Waals surface area contributed by atoms with Gasteiger partial charge in [-0.25, -0.2) is 0 Å². The molecule has 4 heteroatoms. The Morgan fingerprint density at radius 1 is 0.950 bits per heavy atom. The Kier molecular flexibility index (Phi) is 9.29. The fourth-order valence-electron chi connectivity index (χ4n) is 2.25. The zero-order valence-electron chi connectivity index (χ0n) is 13.5. The molecule has 0 aromatic carbocycles. The molecule has 1 rings (SSSR count). The fraction of sp³-hybridized carbons (Fsp3) is 0.875. The Balaban J connectivity index is 2.00. The largest absolute Gasteiger partial charge is 0.424 e. The van der Waals surface area contributed by atoms with Gasteiger partial charge in [0.05, 0.1) is 6.04 Å². The first-order chi connectivity index (χ1) is 9.77. The van der Waals surface area contributed by atoms with Crippen molar-refractivity contribution in [2.45, 2.75) is 84.1 Å². The van der Waals surface area contributed by atoms with Crippen LogP contribution in [0.25, 0.3) is 0 Å². The highest BCUT2D eigenvalue weighted by atomic mass is 16.4. The molecule has 0 aliphatic rings. The van der Waals surface area contributed by atoms with Gasteiger partial charge in [-0.05, 0) is 20.4 Å². The molecule has 0 radical (unpaired) electrons. The van der Waals surface area contributed by atoms with Gasteiger partial charge in [0, 0.05) is 6.42 Å². The zero-order valence-corrected chi connectivity index (χ0v) is 13.5. The molecule has 4 nitrogen and oxygen atoms in total. The first-order valence-corrected chi connectivity index (χ1v) is 8.27. The van der Waals surface area contributed by atoms with E-state index in [9.17, 15) is 0 Å². The summed E-state index contributed by atoms with van der Waals surface area (Å²) in [6.07, 6.45) is 13.0. The third-order valence-electron chi connectivity index (χ3n) is 3.78. The highest BCUT2D eigenvalue weighted by Crippen LogP contribution is 2.13. The molecule has 0 bridgehead atoms. The molecule has 0 aliphatic carbocycles. The van der Waals surface area contributed by atoms with Crippen LogP contribution in [-0.2, 0) is 6.42 Å². The minimum absolute atomic E-state index is 0.138. The molecular weight excluding hydrogens is 250 g/mol. The van der Waals surface area contributed by atoms with Gasteiger partial charge >= 0.3 is 0 Å². The van der Waals surface area contributed by atoms with E-state index in [4.69, 9.17) is 4.42 Å². The number of rotatable bonds is 12. The van der Waals surface area contributed by atoms with Crippen molar-refractivity contribution in [3.05, 3.63) is 11.8 Å². The molecule has 0 saturated carbocycles. The third-order valence-corrected chi connectivity index (χ3v) is 3.78. The van der Waals surface area contributed by atoms with E-state index >= 15 is 0 Å². The Morgan fingerprint density at radius 2 is 1.55 bits per heavy atom. The topological polar surface area (TPSA) is 51.0 Å². The molecule has 20 heavy (non-hydrogen) atoms. The van der Waals surface area contributed by atoms with Crippen LogP contribution >= 0.6 is 0 Å². The molecule has 0 amide bonds. The van der Waals surface area contributed by atoms with E-state index < -0.39 is 0 Å². The van der Waals surface area contributed by atoms with Crippen molar-refractivity contribution in [2.24, 2.45) is 0 Å². The van der Waals surface area contributed by atoms with Gasteiger partial charge < -0.3 is 9.73 Å². The minimum atomic E-state index is 0.138. The normalized spacial score (nSPS) is 12.8. The van der Waals surface area contributed by atoms with E-state index in [1.54, 1.807) is 0 Å². The maximum absolute atomic E-state index is 5.62. The molecule has 1 unspecified atom stereocenters. The summed E-state index contributed by atoms with van der Waals surface area (Å²) in [5.41, 5.74) is 0. The predicted octanol–water partition coefficient (Wildman–Crippen LogP) is 4.42. The van der Waals surface area contributed by atoms with Crippen LogP contribution in [0, 0.1) is 0 Å². The second-order valence-corrected chi connectivity index (χ2v) is 5.62. The Morgan fingerprint density at radius 3 is 2.15 bits per heavy atom. The number of hydrogen-bond acceptors (Lipinski definition) is 4. The third kappa shape index (κ3) is 7.04. The second-order valence-electron chi connectivity index (χ2n) is 5.62. The molecule has 1 aromatic rings. The summed E-state index contributed by atoms with van der Waals surface area (Å²) < 4.78 is 5.62. The molecular formula is C16H31N3O. The maximum Gasteiger partial charge on any atom is 0.233 e. The minimum Gasteiger partial charge on any atom is -0.424 e. The highest BCUT2D eigenvalue weighted by Gasteiger charge is 2.11. The van der Waals surface area contributed by atoms with Crippen LogP contribution in [0.5, 0.6) is 0 Å². The van der Waals surface area contributed by atoms with Gasteiger partial charge in [0.2, 0.25) is 11.8 Å². The van der Waals surface area contributed by atoms with Crippen LogP contribution in [0.3, 0.4) is 0 Å². The second kappa shape index (κ2) is 10.8. The lowest BCUT2D eigenvalue weighted by Crippen LogP contribution is -2.12. The van der Waals surface area contributed by atoms with Crippen LogP contribution < -0.4 is 5.32 Å². The van der Waals surface area contributed by atoms with Gasteiger partial charge in [-0.1, -0.05) is 58.3 Å². The van der Waals surface area contributed by atoms with E-state index in [-0.39, 0.29) is 6.04 Å². The molecule has 1 atom stereocenters. The lowest BCUT2D eigenvalue weighted by molar-refractivity contribution is 0.400. The number of unbranched alkanes of at least 4 members (excludes halogenated alkanes) is 8. The van der Waals surface area contributed by atoms with Crippen molar-refractivity contribution in [2.75, 3.05) is 7.05 Å². The molecule has 116 valence electrons. The summed E-state index contributed by atoms with van der Waals surface area (Å²) in [4.78, 5) is 0. The standard InChI is InChI=1S/C16H31N3O/c1-4-5-6-7-8-9-10-11-12-13-15-18-19-16(20-15)14(2)17-3/h14,17H,4-13H2,1-3H3. The summed E-state index contributed by atoms with van der Waals surface area (Å²) in [7, 11) is 1.90. The summed E-state index contributed by atoms with van der Waals surface area (Å²) in [6.45, 7) is 4.29. The fourth-order valence-corrected chi connectivity index (χ4v) is 2.25. The molecule has 1 aromatic heterocycles. The van der Waals surface area contributed by atoms with Crippen molar-refractivity contribution in [3.63, 3.8) is 0 Å². The first kappa shape index (κ1) is 17.2. The van der Waals surface area contributed by atoms with Crippen molar-refractivity contribution in [3.8, 4) is 0 Å². The molecule has 1 N–H and O–H groups in total. The lowest BCUT2D eigenvalue weighted by atomic mass is 10.1. The van der Waals surface area contributed by atoms with Crippen molar-refractivity contribution in [1.29, 1.82) is 0 Å². The maximum atomic E-state index is 5.62. The van der Waals surface area contributed by atoms with E-state index in [1.165, 1.54) is 51.4 Å². The summed E-state index contributed by atoms with van der Waals surface area (Å²) in [6, 6.07) is 0.138. The first-order valence-electron chi connectivity index (χ1n) is 8.27. The van der Waals surface area contributed by atoms with Gasteiger partial charge in [0.1, 0.15) is 0 Å². The van der Waals surface area contributed by atoms with Gasteiger partial charge in [-0.3, -0.25) is 0 Å². The monoisotopic (exact) mass is 281 g/mol. The van der Waals surface area contributed by atoms with Crippen molar-refractivity contribution >= 4 is 0 Å². The van der Waals surface area contributed by atoms with Crippen LogP contribution in [0.2, 0.25) is 0 Å². The van der Waals surface area contributed by atoms with Crippen molar-refractivity contribution < 1.29 is 4.42 Å². The number of nitrogens with zero attached hydrogens (tertiary/aromatic N) is 2. The van der Waals surface area contributed by atoms with Gasteiger partial charge in [0.15, 0.2) is 0 Å². The van der Waals surface area contributed by atoms with E-state index in [0.717, 1.165) is 18.7 Å². The number of hydrogen-bond donors (Lipinski definition) is 1. The van der Waals surface area contributed by atoms with Crippen LogP contribution in [0.1, 0.15) is 89.5 Å². The summed E-state index contributed by atoms with van der Waals surface area (Å²) >= 11 is 0. The number of aryl methyl sites for hydroxylation is 1. The molecule has 0 spiro atoms. The van der Waals surface area contributed by atoms with Gasteiger partial charge in [0.25, 0.3) is 0 Å². The SMILES string of the molecule is CCCCCCCCCCCc1nnc(C(C)NC)o1. The number of nitrogens with one attached hydrogen (secondary N) is 1. The van der Waals surface area contributed by atoms with E-state index in [1.807, 2.05) is 14.0 Å². The summed E-state index contributed by atoms with van der Waals surface area (Å²) in [5, 5.41) is 11.3. The quantitative estimate of drug-likeness (QED) is 0.576. The Hall–Kier alpha value is -0.900. The molecule has 0 aliphatic heterocycles. The van der Waals surface area contributed by atoms with Crippen LogP contribution in [0.15, 0.2) is 4.42 Å². The highest BCUT2D eigenvalue weighted by molar-refractivity contribution is 4.87. The Labute approximate surface area is 123 Å². The average Bonchev–Trinajstić information content (AvgIpc) is 2.93. The Bertz CT molecular complexity index is 338. The molecule has 0 saturated heterocycles.